The maximum atomic E-state index is 12.6. The van der Waals surface area contributed by atoms with Gasteiger partial charge in [0.05, 0.1) is 17.4 Å². The van der Waals surface area contributed by atoms with Crippen LogP contribution in [0.1, 0.15) is 30.5 Å². The highest BCUT2D eigenvalue weighted by atomic mass is 35.5. The number of carbonyl (C=O) groups excluding carboxylic acids is 1. The topological polar surface area (TPSA) is 41.9 Å². The van der Waals surface area contributed by atoms with E-state index >= 15 is 0 Å². The Labute approximate surface area is 160 Å². The first kappa shape index (κ1) is 20.0. The van der Waals surface area contributed by atoms with E-state index in [4.69, 9.17) is 16.4 Å². The predicted octanol–water partition coefficient (Wildman–Crippen LogP) is 4.86. The van der Waals surface area contributed by atoms with Crippen LogP contribution in [0.5, 0.6) is 0 Å². The minimum atomic E-state index is -0.267. The van der Waals surface area contributed by atoms with Crippen LogP contribution in [0.3, 0.4) is 0 Å². The zero-order valence-corrected chi connectivity index (χ0v) is 16.5. The van der Waals surface area contributed by atoms with Crippen LogP contribution < -0.4 is 4.90 Å². The maximum Gasteiger partial charge on any atom is 0.242 e. The van der Waals surface area contributed by atoms with Crippen molar-refractivity contribution in [3.8, 4) is 0 Å². The number of alkyl halides is 1. The molecule has 4 nitrogen and oxygen atoms in total. The summed E-state index contributed by atoms with van der Waals surface area (Å²) < 4.78 is 0. The summed E-state index contributed by atoms with van der Waals surface area (Å²) in [5.74, 6) is -0.245. The van der Waals surface area contributed by atoms with Gasteiger partial charge in [-0.3, -0.25) is 4.79 Å². The molecule has 2 aromatic carbocycles. The molecular weight excluding hydrogens is 348 g/mol. The molecule has 0 aromatic heterocycles. The third kappa shape index (κ3) is 4.85. The fourth-order valence-electron chi connectivity index (χ4n) is 2.83. The number of aryl methyl sites for hydroxylation is 2. The summed E-state index contributed by atoms with van der Waals surface area (Å²) in [6, 6.07) is 15.5. The second-order valence-corrected chi connectivity index (χ2v) is 6.57. The number of halogens is 1. The molecule has 0 aliphatic carbocycles. The van der Waals surface area contributed by atoms with Gasteiger partial charge in [-0.05, 0) is 44.4 Å². The van der Waals surface area contributed by atoms with Crippen molar-refractivity contribution in [2.45, 2.75) is 40.3 Å². The normalized spacial score (nSPS) is 12.6. The summed E-state index contributed by atoms with van der Waals surface area (Å²) in [6.07, 6.45) is 0. The smallest absolute Gasteiger partial charge is 0.242 e. The lowest BCUT2D eigenvalue weighted by atomic mass is 10.0. The van der Waals surface area contributed by atoms with Crippen molar-refractivity contribution in [1.29, 1.82) is 0 Å². The Morgan fingerprint density at radius 2 is 1.73 bits per heavy atom. The number of para-hydroxylation sites is 1. The van der Waals surface area contributed by atoms with Gasteiger partial charge < -0.3 is 9.74 Å². The highest BCUT2D eigenvalue weighted by molar-refractivity contribution is 6.30. The number of benzene rings is 2. The van der Waals surface area contributed by atoms with Crippen LogP contribution in [-0.2, 0) is 16.2 Å². The van der Waals surface area contributed by atoms with Gasteiger partial charge in [-0.15, -0.1) is 11.6 Å². The number of oxime groups is 1. The molecule has 5 heteroatoms. The Balaban J connectivity index is 2.22. The van der Waals surface area contributed by atoms with Gasteiger partial charge in [0.2, 0.25) is 5.91 Å². The van der Waals surface area contributed by atoms with Crippen LogP contribution in [0.2, 0.25) is 0 Å². The van der Waals surface area contributed by atoms with Crippen molar-refractivity contribution in [3.63, 3.8) is 0 Å². The molecule has 0 saturated heterocycles. The van der Waals surface area contributed by atoms with E-state index in [0.29, 0.717) is 12.3 Å². The lowest BCUT2D eigenvalue weighted by Gasteiger charge is -2.31. The van der Waals surface area contributed by atoms with Crippen molar-refractivity contribution in [3.05, 3.63) is 65.2 Å². The molecule has 0 fully saturated rings. The van der Waals surface area contributed by atoms with Gasteiger partial charge >= 0.3 is 0 Å². The van der Waals surface area contributed by atoms with E-state index in [-0.39, 0.29) is 17.8 Å². The Morgan fingerprint density at radius 1 is 1.12 bits per heavy atom. The van der Waals surface area contributed by atoms with E-state index < -0.39 is 0 Å². The largest absolute Gasteiger partial charge is 0.391 e. The first-order chi connectivity index (χ1) is 12.5. The summed E-state index contributed by atoms with van der Waals surface area (Å²) in [5, 5.41) is 4.22. The quantitative estimate of drug-likeness (QED) is 0.396. The summed E-state index contributed by atoms with van der Waals surface area (Å²) in [4.78, 5) is 19.7. The van der Waals surface area contributed by atoms with Gasteiger partial charge in [0, 0.05) is 0 Å². The first-order valence-corrected chi connectivity index (χ1v) is 9.13. The summed E-state index contributed by atoms with van der Waals surface area (Å²) in [6.45, 7) is 8.15. The van der Waals surface area contributed by atoms with Crippen molar-refractivity contribution in [2.24, 2.45) is 5.16 Å². The van der Waals surface area contributed by atoms with Gasteiger partial charge in [-0.1, -0.05) is 53.7 Å². The molecule has 138 valence electrons. The monoisotopic (exact) mass is 372 g/mol. The third-order valence-corrected chi connectivity index (χ3v) is 4.57. The Kier molecular flexibility index (Phi) is 7.22. The molecule has 1 unspecified atom stereocenters. The maximum absolute atomic E-state index is 12.6. The summed E-state index contributed by atoms with van der Waals surface area (Å²) in [7, 11) is 0. The third-order valence-electron chi connectivity index (χ3n) is 4.34. The molecule has 1 atom stereocenters. The minimum Gasteiger partial charge on any atom is -0.391 e. The number of nitrogens with zero attached hydrogens (tertiary/aromatic N) is 2. The zero-order chi connectivity index (χ0) is 19.1. The van der Waals surface area contributed by atoms with E-state index in [2.05, 4.69) is 5.16 Å². The van der Waals surface area contributed by atoms with Crippen LogP contribution in [0.25, 0.3) is 0 Å². The standard InChI is InChI=1S/C21H25ClN2O2/c1-15-9-8-10-16(2)21(15)24(20(25)13-22)18(4)17(3)23-26-14-19-11-6-5-7-12-19/h5-12,18H,13-14H2,1-4H3. The lowest BCUT2D eigenvalue weighted by Crippen LogP contribution is -2.44. The fraction of sp³-hybridized carbons (Fsp3) is 0.333. The lowest BCUT2D eigenvalue weighted by molar-refractivity contribution is -0.116. The van der Waals surface area contributed by atoms with E-state index in [1.54, 1.807) is 4.90 Å². The van der Waals surface area contributed by atoms with Crippen LogP contribution in [0.4, 0.5) is 5.69 Å². The van der Waals surface area contributed by atoms with Crippen LogP contribution in [-0.4, -0.2) is 23.5 Å². The molecular formula is C21H25ClN2O2. The Hall–Kier alpha value is -2.33. The van der Waals surface area contributed by atoms with Gasteiger partial charge in [0.25, 0.3) is 0 Å². The first-order valence-electron chi connectivity index (χ1n) is 8.60. The molecule has 1 amide bonds. The Morgan fingerprint density at radius 3 is 2.31 bits per heavy atom. The van der Waals surface area contributed by atoms with E-state index in [9.17, 15) is 4.79 Å². The van der Waals surface area contributed by atoms with Gasteiger partial charge in [0.1, 0.15) is 12.5 Å². The van der Waals surface area contributed by atoms with E-state index in [1.807, 2.05) is 76.2 Å². The number of anilines is 1. The van der Waals surface area contributed by atoms with E-state index in [1.165, 1.54) is 0 Å². The number of hydrogen-bond acceptors (Lipinski definition) is 3. The summed E-state index contributed by atoms with van der Waals surface area (Å²) in [5.41, 5.74) is 4.67. The van der Waals surface area contributed by atoms with Crippen LogP contribution in [0, 0.1) is 13.8 Å². The minimum absolute atomic E-state index is 0.0870. The second kappa shape index (κ2) is 9.39. The Bertz CT molecular complexity index is 755. The van der Waals surface area contributed by atoms with Gasteiger partial charge in [0.15, 0.2) is 0 Å². The molecule has 2 rings (SSSR count). The average molecular weight is 373 g/mol. The molecule has 0 bridgehead atoms. The average Bonchev–Trinajstić information content (AvgIpc) is 2.64. The van der Waals surface area contributed by atoms with Crippen molar-refractivity contribution < 1.29 is 9.63 Å². The predicted molar refractivity (Wildman–Crippen MR) is 108 cm³/mol. The summed E-state index contributed by atoms with van der Waals surface area (Å²) >= 11 is 5.87. The second-order valence-electron chi connectivity index (χ2n) is 6.31. The van der Waals surface area contributed by atoms with E-state index in [0.717, 1.165) is 22.4 Å². The van der Waals surface area contributed by atoms with Crippen molar-refractivity contribution >= 4 is 28.9 Å². The van der Waals surface area contributed by atoms with Crippen molar-refractivity contribution in [2.75, 3.05) is 10.8 Å². The van der Waals surface area contributed by atoms with Crippen LogP contribution in [0.15, 0.2) is 53.7 Å². The molecule has 26 heavy (non-hydrogen) atoms. The molecule has 0 heterocycles. The van der Waals surface area contributed by atoms with Gasteiger partial charge in [-0.25, -0.2) is 0 Å². The number of amides is 1. The SMILES string of the molecule is CC(=NOCc1ccccc1)C(C)N(C(=O)CCl)c1c(C)cccc1C. The fourth-order valence-corrected chi connectivity index (χ4v) is 2.96. The highest BCUT2D eigenvalue weighted by Crippen LogP contribution is 2.27. The molecule has 0 radical (unpaired) electrons. The molecule has 0 spiro atoms. The zero-order valence-electron chi connectivity index (χ0n) is 15.7. The molecule has 0 saturated carbocycles. The molecule has 0 aliphatic heterocycles. The molecule has 0 N–H and O–H groups in total. The highest BCUT2D eigenvalue weighted by Gasteiger charge is 2.26. The van der Waals surface area contributed by atoms with Gasteiger partial charge in [-0.2, -0.15) is 0 Å². The molecule has 2 aromatic rings. The van der Waals surface area contributed by atoms with Crippen molar-refractivity contribution in [1.82, 2.24) is 0 Å². The van der Waals surface area contributed by atoms with Crippen LogP contribution >= 0.6 is 11.6 Å². The number of rotatable bonds is 7. The molecule has 0 aliphatic rings. The number of carbonyl (C=O) groups is 1. The number of hydrogen-bond donors (Lipinski definition) is 0.